The second-order valence-corrected chi connectivity index (χ2v) is 5.89. The highest BCUT2D eigenvalue weighted by atomic mass is 16.5. The minimum absolute atomic E-state index is 0.277. The van der Waals surface area contributed by atoms with Crippen LogP contribution in [0.2, 0.25) is 0 Å². The van der Waals surface area contributed by atoms with Crippen molar-refractivity contribution in [3.8, 4) is 0 Å². The molecular formula is C15H30N4O. The highest BCUT2D eigenvalue weighted by molar-refractivity contribution is 5.49. The fraction of sp³-hybridized carbons (Fsp3) is 0.800. The number of likely N-dealkylation sites (N-methyl/N-ethyl adjacent to an activating group) is 1. The van der Waals surface area contributed by atoms with E-state index in [1.54, 1.807) is 0 Å². The van der Waals surface area contributed by atoms with Gasteiger partial charge >= 0.3 is 0 Å². The predicted octanol–water partition coefficient (Wildman–Crippen LogP) is 2.09. The van der Waals surface area contributed by atoms with E-state index in [0.29, 0.717) is 6.04 Å². The number of nitrogens with one attached hydrogen (secondary N) is 1. The highest BCUT2D eigenvalue weighted by Gasteiger charge is 2.16. The zero-order valence-corrected chi connectivity index (χ0v) is 14.0. The van der Waals surface area contributed by atoms with Gasteiger partial charge < -0.3 is 15.0 Å². The van der Waals surface area contributed by atoms with E-state index in [1.165, 1.54) is 11.4 Å². The molecule has 1 rings (SSSR count). The molecule has 5 heteroatoms. The van der Waals surface area contributed by atoms with Gasteiger partial charge in [0.05, 0.1) is 18.4 Å². The summed E-state index contributed by atoms with van der Waals surface area (Å²) in [7, 11) is 4.10. The number of nitrogens with zero attached hydrogens (tertiary/aromatic N) is 3. The van der Waals surface area contributed by atoms with E-state index in [1.807, 2.05) is 11.7 Å². The molecule has 1 aromatic rings. The lowest BCUT2D eigenvalue weighted by Gasteiger charge is -2.22. The van der Waals surface area contributed by atoms with Gasteiger partial charge in [-0.1, -0.05) is 13.8 Å². The second kappa shape index (κ2) is 7.64. The van der Waals surface area contributed by atoms with Crippen LogP contribution in [0.5, 0.6) is 0 Å². The summed E-state index contributed by atoms with van der Waals surface area (Å²) < 4.78 is 7.59. The Bertz CT molecular complexity index is 412. The van der Waals surface area contributed by atoms with E-state index in [9.17, 15) is 0 Å². The molecule has 0 radical (unpaired) electrons. The van der Waals surface area contributed by atoms with Gasteiger partial charge in [-0.05, 0) is 20.8 Å². The molecule has 5 nitrogen and oxygen atoms in total. The fourth-order valence-corrected chi connectivity index (χ4v) is 2.21. The monoisotopic (exact) mass is 282 g/mol. The minimum Gasteiger partial charge on any atom is -0.377 e. The van der Waals surface area contributed by atoms with Crippen LogP contribution in [0.25, 0.3) is 0 Å². The summed E-state index contributed by atoms with van der Waals surface area (Å²) in [6.07, 6.45) is 0.277. The lowest BCUT2D eigenvalue weighted by atomic mass is 10.2. The van der Waals surface area contributed by atoms with E-state index < -0.39 is 0 Å². The van der Waals surface area contributed by atoms with Crippen molar-refractivity contribution in [2.45, 2.75) is 53.3 Å². The normalized spacial score (nSPS) is 11.7. The Kier molecular flexibility index (Phi) is 6.49. The summed E-state index contributed by atoms with van der Waals surface area (Å²) >= 11 is 0. The van der Waals surface area contributed by atoms with E-state index in [2.05, 4.69) is 57.0 Å². The third kappa shape index (κ3) is 4.80. The summed E-state index contributed by atoms with van der Waals surface area (Å²) in [5.41, 5.74) is 2.36. The molecule has 0 atom stereocenters. The molecule has 0 unspecified atom stereocenters. The Hall–Kier alpha value is -1.07. The molecule has 0 aliphatic carbocycles. The summed E-state index contributed by atoms with van der Waals surface area (Å²) in [5, 5.41) is 8.02. The van der Waals surface area contributed by atoms with Crippen molar-refractivity contribution in [1.29, 1.82) is 0 Å². The average molecular weight is 282 g/mol. The van der Waals surface area contributed by atoms with Crippen LogP contribution in [0.15, 0.2) is 0 Å². The first-order valence-electron chi connectivity index (χ1n) is 7.41. The lowest BCUT2D eigenvalue weighted by molar-refractivity contribution is 0.0844. The summed E-state index contributed by atoms with van der Waals surface area (Å²) in [6.45, 7) is 13.0. The Morgan fingerprint density at radius 3 is 2.50 bits per heavy atom. The fourth-order valence-electron chi connectivity index (χ4n) is 2.21. The van der Waals surface area contributed by atoms with E-state index in [-0.39, 0.29) is 6.10 Å². The predicted molar refractivity (Wildman–Crippen MR) is 84.3 cm³/mol. The maximum absolute atomic E-state index is 5.63. The van der Waals surface area contributed by atoms with Crippen molar-refractivity contribution in [3.05, 3.63) is 11.3 Å². The van der Waals surface area contributed by atoms with Gasteiger partial charge in [0.25, 0.3) is 0 Å². The van der Waals surface area contributed by atoms with E-state index in [0.717, 1.165) is 25.4 Å². The SMILES string of the molecule is Cc1nn(C)c(N(C)CCOC(C)C)c1CNC(C)C. The number of anilines is 1. The molecule has 0 saturated heterocycles. The molecule has 0 saturated carbocycles. The van der Waals surface area contributed by atoms with E-state index >= 15 is 0 Å². The van der Waals surface area contributed by atoms with Crippen LogP contribution in [0.4, 0.5) is 5.82 Å². The molecule has 1 heterocycles. The van der Waals surface area contributed by atoms with Crippen LogP contribution in [-0.2, 0) is 18.3 Å². The first kappa shape index (κ1) is 17.0. The molecule has 116 valence electrons. The van der Waals surface area contributed by atoms with Gasteiger partial charge in [0.2, 0.25) is 0 Å². The first-order valence-corrected chi connectivity index (χ1v) is 7.41. The van der Waals surface area contributed by atoms with Crippen molar-refractivity contribution < 1.29 is 4.74 Å². The highest BCUT2D eigenvalue weighted by Crippen LogP contribution is 2.22. The van der Waals surface area contributed by atoms with Crippen LogP contribution >= 0.6 is 0 Å². The molecule has 0 aliphatic rings. The van der Waals surface area contributed by atoms with Gasteiger partial charge in [-0.15, -0.1) is 0 Å². The Morgan fingerprint density at radius 1 is 1.30 bits per heavy atom. The quantitative estimate of drug-likeness (QED) is 0.793. The second-order valence-electron chi connectivity index (χ2n) is 5.89. The maximum atomic E-state index is 5.63. The molecule has 0 spiro atoms. The number of hydrogen-bond donors (Lipinski definition) is 1. The van der Waals surface area contributed by atoms with Crippen LogP contribution in [0.3, 0.4) is 0 Å². The minimum atomic E-state index is 0.277. The number of rotatable bonds is 8. The molecule has 0 aliphatic heterocycles. The summed E-state index contributed by atoms with van der Waals surface area (Å²) in [4.78, 5) is 2.22. The molecule has 1 aromatic heterocycles. The van der Waals surface area contributed by atoms with Gasteiger partial charge in [-0.25, -0.2) is 0 Å². The van der Waals surface area contributed by atoms with E-state index in [4.69, 9.17) is 4.74 Å². The summed E-state index contributed by atoms with van der Waals surface area (Å²) in [5.74, 6) is 1.17. The standard InChI is InChI=1S/C15H30N4O/c1-11(2)16-10-14-13(5)17-19(7)15(14)18(6)8-9-20-12(3)4/h11-12,16H,8-10H2,1-7H3. The molecular weight excluding hydrogens is 252 g/mol. The van der Waals surface area contributed by atoms with Crippen molar-refractivity contribution in [1.82, 2.24) is 15.1 Å². The van der Waals surface area contributed by atoms with Crippen molar-refractivity contribution >= 4 is 5.82 Å². The lowest BCUT2D eigenvalue weighted by Crippen LogP contribution is -2.28. The number of aromatic nitrogens is 2. The molecule has 0 fully saturated rings. The third-order valence-electron chi connectivity index (χ3n) is 3.24. The first-order chi connectivity index (χ1) is 9.32. The summed E-state index contributed by atoms with van der Waals surface area (Å²) in [6, 6.07) is 0.469. The van der Waals surface area contributed by atoms with Gasteiger partial charge in [-0.2, -0.15) is 5.10 Å². The Morgan fingerprint density at radius 2 is 1.95 bits per heavy atom. The molecule has 0 amide bonds. The number of aryl methyl sites for hydroxylation is 2. The maximum Gasteiger partial charge on any atom is 0.131 e. The molecule has 0 bridgehead atoms. The van der Waals surface area contributed by atoms with Crippen LogP contribution in [-0.4, -0.2) is 42.1 Å². The van der Waals surface area contributed by atoms with Crippen LogP contribution in [0, 0.1) is 6.92 Å². The topological polar surface area (TPSA) is 42.3 Å². The smallest absolute Gasteiger partial charge is 0.131 e. The number of hydrogen-bond acceptors (Lipinski definition) is 4. The van der Waals surface area contributed by atoms with Gasteiger partial charge in [-0.3, -0.25) is 4.68 Å². The Labute approximate surface area is 123 Å². The average Bonchev–Trinajstić information content (AvgIpc) is 2.60. The zero-order valence-electron chi connectivity index (χ0n) is 14.0. The number of ether oxygens (including phenoxy) is 1. The largest absolute Gasteiger partial charge is 0.377 e. The van der Waals surface area contributed by atoms with Crippen molar-refractivity contribution in [2.24, 2.45) is 7.05 Å². The van der Waals surface area contributed by atoms with Gasteiger partial charge in [0, 0.05) is 38.8 Å². The third-order valence-corrected chi connectivity index (χ3v) is 3.24. The van der Waals surface area contributed by atoms with Crippen molar-refractivity contribution in [2.75, 3.05) is 25.1 Å². The Balaban J connectivity index is 2.76. The van der Waals surface area contributed by atoms with Crippen molar-refractivity contribution in [3.63, 3.8) is 0 Å². The van der Waals surface area contributed by atoms with Gasteiger partial charge in [0.15, 0.2) is 0 Å². The molecule has 0 aromatic carbocycles. The van der Waals surface area contributed by atoms with Crippen LogP contribution in [0.1, 0.15) is 39.0 Å². The van der Waals surface area contributed by atoms with Crippen LogP contribution < -0.4 is 10.2 Å². The zero-order chi connectivity index (χ0) is 15.3. The molecule has 1 N–H and O–H groups in total. The van der Waals surface area contributed by atoms with Gasteiger partial charge in [0.1, 0.15) is 5.82 Å². The molecule has 20 heavy (non-hydrogen) atoms.